The van der Waals surface area contributed by atoms with E-state index >= 15 is 0 Å². The molecule has 2 aromatic rings. The minimum atomic E-state index is -3.86. The smallest absolute Gasteiger partial charge is 0.264 e. The van der Waals surface area contributed by atoms with E-state index in [0.717, 1.165) is 14.6 Å². The van der Waals surface area contributed by atoms with Gasteiger partial charge in [-0.15, -0.1) is 11.3 Å². The number of aromatic nitrogens is 1. The fraction of sp³-hybridized carbons (Fsp3) is 0.300. The zero-order chi connectivity index (χ0) is 13.2. The van der Waals surface area contributed by atoms with Gasteiger partial charge in [0.1, 0.15) is 0 Å². The van der Waals surface area contributed by atoms with Crippen molar-refractivity contribution < 1.29 is 13.0 Å². The van der Waals surface area contributed by atoms with Crippen LogP contribution >= 0.6 is 34.7 Å². The fourth-order valence-electron chi connectivity index (χ4n) is 1.34. The number of benzene rings is 1. The number of nitrogens with zero attached hydrogens (tertiary/aromatic N) is 1. The summed E-state index contributed by atoms with van der Waals surface area (Å²) < 4.78 is 31.6. The van der Waals surface area contributed by atoms with Crippen molar-refractivity contribution in [3.05, 3.63) is 23.2 Å². The minimum Gasteiger partial charge on any atom is -0.286 e. The molecule has 0 unspecified atom stereocenters. The number of hydrogen-bond donors (Lipinski definition) is 1. The number of rotatable bonds is 5. The molecular weight excluding hydrogens is 314 g/mol. The minimum absolute atomic E-state index is 0.212. The Morgan fingerprint density at radius 1 is 1.44 bits per heavy atom. The zero-order valence-electron chi connectivity index (χ0n) is 9.17. The van der Waals surface area contributed by atoms with Crippen LogP contribution in [0.1, 0.15) is 6.42 Å². The van der Waals surface area contributed by atoms with Crippen LogP contribution in [0.3, 0.4) is 0 Å². The van der Waals surface area contributed by atoms with Gasteiger partial charge in [-0.2, -0.15) is 8.42 Å². The second-order valence-corrected chi connectivity index (χ2v) is 7.96. The molecule has 1 heterocycles. The number of hydrogen-bond acceptors (Lipinski definition) is 5. The summed E-state index contributed by atoms with van der Waals surface area (Å²) >= 11 is 8.89. The van der Waals surface area contributed by atoms with Gasteiger partial charge in [-0.1, -0.05) is 23.4 Å². The van der Waals surface area contributed by atoms with Crippen molar-refractivity contribution in [2.24, 2.45) is 0 Å². The molecule has 4 nitrogen and oxygen atoms in total. The van der Waals surface area contributed by atoms with Gasteiger partial charge in [0.05, 0.1) is 16.0 Å². The van der Waals surface area contributed by atoms with E-state index in [4.69, 9.17) is 16.2 Å². The molecule has 0 aliphatic rings. The highest BCUT2D eigenvalue weighted by Crippen LogP contribution is 2.31. The second kappa shape index (κ2) is 5.75. The van der Waals surface area contributed by atoms with E-state index in [1.807, 2.05) is 12.1 Å². The Balaban J connectivity index is 1.96. The van der Waals surface area contributed by atoms with Gasteiger partial charge in [-0.3, -0.25) is 4.55 Å². The molecule has 0 saturated heterocycles. The lowest BCUT2D eigenvalue weighted by atomic mass is 10.3. The fourth-order valence-corrected chi connectivity index (χ4v) is 4.26. The van der Waals surface area contributed by atoms with Gasteiger partial charge >= 0.3 is 0 Å². The number of thiazole rings is 1. The maximum absolute atomic E-state index is 10.5. The average molecular weight is 324 g/mol. The van der Waals surface area contributed by atoms with Gasteiger partial charge in [-0.25, -0.2) is 4.98 Å². The third-order valence-electron chi connectivity index (χ3n) is 2.10. The Labute approximate surface area is 118 Å². The lowest BCUT2D eigenvalue weighted by Crippen LogP contribution is -2.04. The molecule has 0 saturated carbocycles. The molecule has 0 fully saturated rings. The summed E-state index contributed by atoms with van der Waals surface area (Å²) in [6.07, 6.45) is 0.403. The van der Waals surface area contributed by atoms with Crippen LogP contribution in [0, 0.1) is 0 Å². The summed E-state index contributed by atoms with van der Waals surface area (Å²) in [5, 5.41) is 0.649. The predicted octanol–water partition coefficient (Wildman–Crippen LogP) is 3.32. The first-order chi connectivity index (χ1) is 8.44. The normalized spacial score (nSPS) is 12.1. The van der Waals surface area contributed by atoms with Crippen molar-refractivity contribution in [1.29, 1.82) is 0 Å². The molecule has 0 spiro atoms. The lowest BCUT2D eigenvalue weighted by Gasteiger charge is -1.95. The van der Waals surface area contributed by atoms with E-state index in [-0.39, 0.29) is 5.75 Å². The van der Waals surface area contributed by atoms with Crippen molar-refractivity contribution in [2.75, 3.05) is 11.5 Å². The Morgan fingerprint density at radius 3 is 2.94 bits per heavy atom. The molecule has 8 heteroatoms. The van der Waals surface area contributed by atoms with Crippen LogP contribution in [-0.2, 0) is 10.1 Å². The predicted molar refractivity (Wildman–Crippen MR) is 76.4 cm³/mol. The van der Waals surface area contributed by atoms with Crippen LogP contribution in [0.2, 0.25) is 5.02 Å². The van der Waals surface area contributed by atoms with Crippen LogP contribution in [0.15, 0.2) is 22.5 Å². The molecule has 1 N–H and O–H groups in total. The topological polar surface area (TPSA) is 67.3 Å². The van der Waals surface area contributed by atoms with Gasteiger partial charge in [0, 0.05) is 10.8 Å². The molecule has 1 aromatic carbocycles. The van der Waals surface area contributed by atoms with E-state index < -0.39 is 10.1 Å². The van der Waals surface area contributed by atoms with Crippen LogP contribution in [-0.4, -0.2) is 29.5 Å². The van der Waals surface area contributed by atoms with Gasteiger partial charge in [-0.05, 0) is 24.6 Å². The Bertz CT molecular complexity index is 653. The first kappa shape index (κ1) is 14.1. The maximum Gasteiger partial charge on any atom is 0.264 e. The second-order valence-electron chi connectivity index (χ2n) is 3.58. The monoisotopic (exact) mass is 323 g/mol. The summed E-state index contributed by atoms with van der Waals surface area (Å²) in [5.41, 5.74) is 0.852. The highest BCUT2D eigenvalue weighted by molar-refractivity contribution is 8.01. The number of thioether (sulfide) groups is 1. The average Bonchev–Trinajstić information content (AvgIpc) is 2.65. The SMILES string of the molecule is O=S(=O)(O)CCCSc1nc2cc(Cl)ccc2s1. The third kappa shape index (κ3) is 4.10. The molecule has 0 aliphatic heterocycles. The summed E-state index contributed by atoms with van der Waals surface area (Å²) in [4.78, 5) is 4.39. The van der Waals surface area contributed by atoms with E-state index in [1.165, 1.54) is 11.8 Å². The molecule has 1 aromatic heterocycles. The third-order valence-corrected chi connectivity index (χ3v) is 5.41. The van der Waals surface area contributed by atoms with Crippen molar-refractivity contribution >= 4 is 55.0 Å². The maximum atomic E-state index is 10.5. The number of fused-ring (bicyclic) bond motifs is 1. The van der Waals surface area contributed by atoms with Crippen LogP contribution in [0.25, 0.3) is 10.2 Å². The first-order valence-electron chi connectivity index (χ1n) is 5.08. The summed E-state index contributed by atoms with van der Waals surface area (Å²) in [5.74, 6) is 0.393. The van der Waals surface area contributed by atoms with Gasteiger partial charge in [0.25, 0.3) is 10.1 Å². The highest BCUT2D eigenvalue weighted by atomic mass is 35.5. The van der Waals surface area contributed by atoms with Crippen LogP contribution in [0.4, 0.5) is 0 Å². The molecule has 2 rings (SSSR count). The standard InChI is InChI=1S/C10H10ClNO3S3/c11-7-2-3-9-8(6-7)12-10(17-9)16-4-1-5-18(13,14)15/h2-3,6H,1,4-5H2,(H,13,14,15). The quantitative estimate of drug-likeness (QED) is 0.519. The highest BCUT2D eigenvalue weighted by Gasteiger charge is 2.07. The van der Waals surface area contributed by atoms with Crippen molar-refractivity contribution in [3.63, 3.8) is 0 Å². The Morgan fingerprint density at radius 2 is 2.22 bits per heavy atom. The van der Waals surface area contributed by atoms with Gasteiger partial charge < -0.3 is 0 Å². The molecule has 0 bridgehead atoms. The van der Waals surface area contributed by atoms with Gasteiger partial charge in [0.2, 0.25) is 0 Å². The van der Waals surface area contributed by atoms with Crippen LogP contribution in [0.5, 0.6) is 0 Å². The van der Waals surface area contributed by atoms with Crippen molar-refractivity contribution in [3.8, 4) is 0 Å². The van der Waals surface area contributed by atoms with Crippen molar-refractivity contribution in [1.82, 2.24) is 4.98 Å². The van der Waals surface area contributed by atoms with E-state index in [1.54, 1.807) is 17.4 Å². The molecular formula is C10H10ClNO3S3. The summed E-state index contributed by atoms with van der Waals surface area (Å²) in [7, 11) is -3.86. The molecule has 98 valence electrons. The van der Waals surface area contributed by atoms with Crippen molar-refractivity contribution in [2.45, 2.75) is 10.8 Å². The lowest BCUT2D eigenvalue weighted by molar-refractivity contribution is 0.482. The first-order valence-corrected chi connectivity index (χ1v) is 8.87. The van der Waals surface area contributed by atoms with Crippen LogP contribution < -0.4 is 0 Å². The molecule has 0 atom stereocenters. The summed E-state index contributed by atoms with van der Waals surface area (Å²) in [6.45, 7) is 0. The number of halogens is 1. The molecule has 18 heavy (non-hydrogen) atoms. The largest absolute Gasteiger partial charge is 0.286 e. The zero-order valence-corrected chi connectivity index (χ0v) is 12.4. The Hall–Kier alpha value is -0.340. The van der Waals surface area contributed by atoms with E-state index in [9.17, 15) is 8.42 Å². The van der Waals surface area contributed by atoms with E-state index in [2.05, 4.69) is 4.98 Å². The Kier molecular flexibility index (Phi) is 4.50. The summed E-state index contributed by atoms with van der Waals surface area (Å²) in [6, 6.07) is 5.53. The molecule has 0 amide bonds. The van der Waals surface area contributed by atoms with E-state index in [0.29, 0.717) is 17.2 Å². The molecule has 0 radical (unpaired) electrons. The molecule has 0 aliphatic carbocycles. The van der Waals surface area contributed by atoms with Gasteiger partial charge in [0.15, 0.2) is 4.34 Å².